The van der Waals surface area contributed by atoms with Gasteiger partial charge in [0.05, 0.1) is 17.3 Å². The van der Waals surface area contributed by atoms with Crippen molar-refractivity contribution in [3.8, 4) is 23.1 Å². The number of aromatic nitrogens is 1. The first-order valence-corrected chi connectivity index (χ1v) is 9.09. The van der Waals surface area contributed by atoms with E-state index in [0.717, 1.165) is 17.0 Å². The van der Waals surface area contributed by atoms with Gasteiger partial charge in [-0.3, -0.25) is 10.1 Å². The van der Waals surface area contributed by atoms with Crippen LogP contribution < -0.4 is 10.1 Å². The molecule has 0 aliphatic heterocycles. The third-order valence-corrected chi connectivity index (χ3v) is 4.77. The van der Waals surface area contributed by atoms with Crippen molar-refractivity contribution in [1.82, 2.24) is 4.98 Å². The zero-order valence-corrected chi connectivity index (χ0v) is 15.8. The van der Waals surface area contributed by atoms with E-state index in [0.29, 0.717) is 27.7 Å². The molecule has 0 saturated carbocycles. The molecule has 1 heterocycles. The van der Waals surface area contributed by atoms with Crippen LogP contribution in [-0.2, 0) is 4.79 Å². The number of carbonyl (C=O) groups excluding carboxylic acids is 1. The summed E-state index contributed by atoms with van der Waals surface area (Å²) in [5.41, 5.74) is 1.39. The van der Waals surface area contributed by atoms with E-state index in [1.807, 2.05) is 6.07 Å². The molecule has 1 aromatic heterocycles. The molecule has 1 atom stereocenters. The Morgan fingerprint density at radius 1 is 1.21 bits per heavy atom. The fraction of sp³-hybridized carbons (Fsp3) is 0.150. The molecule has 0 saturated heterocycles. The van der Waals surface area contributed by atoms with E-state index in [2.05, 4.69) is 10.3 Å². The Morgan fingerprint density at radius 3 is 2.57 bits per heavy atom. The van der Waals surface area contributed by atoms with Gasteiger partial charge in [0.15, 0.2) is 22.9 Å². The Hall–Kier alpha value is -3.31. The molecular formula is C20H15F2N3O2S. The summed E-state index contributed by atoms with van der Waals surface area (Å²) < 4.78 is 32.2. The smallest absolute Gasteiger partial charge is 0.266 e. The van der Waals surface area contributed by atoms with Gasteiger partial charge in [-0.2, -0.15) is 5.26 Å². The number of aryl methyl sites for hydroxylation is 1. The van der Waals surface area contributed by atoms with E-state index >= 15 is 0 Å². The number of carbonyl (C=O) groups is 1. The predicted octanol–water partition coefficient (Wildman–Crippen LogP) is 4.67. The van der Waals surface area contributed by atoms with Crippen LogP contribution in [0.3, 0.4) is 0 Å². The van der Waals surface area contributed by atoms with Gasteiger partial charge in [0.25, 0.3) is 5.91 Å². The number of benzene rings is 2. The highest BCUT2D eigenvalue weighted by atomic mass is 32.1. The molecular weight excluding hydrogens is 384 g/mol. The fourth-order valence-corrected chi connectivity index (χ4v) is 3.27. The highest BCUT2D eigenvalue weighted by Crippen LogP contribution is 2.31. The van der Waals surface area contributed by atoms with Gasteiger partial charge in [-0.15, -0.1) is 11.3 Å². The van der Waals surface area contributed by atoms with Gasteiger partial charge in [-0.25, -0.2) is 13.8 Å². The first-order valence-electron chi connectivity index (χ1n) is 8.28. The highest BCUT2D eigenvalue weighted by molar-refractivity contribution is 7.16. The maximum absolute atomic E-state index is 13.5. The van der Waals surface area contributed by atoms with Crippen molar-refractivity contribution < 1.29 is 18.3 Å². The van der Waals surface area contributed by atoms with Crippen molar-refractivity contribution in [2.45, 2.75) is 20.0 Å². The third-order valence-electron chi connectivity index (χ3n) is 3.89. The number of ether oxygens (including phenoxy) is 1. The first kappa shape index (κ1) is 19.5. The quantitative estimate of drug-likeness (QED) is 0.676. The maximum atomic E-state index is 13.5. The number of amides is 1. The second-order valence-electron chi connectivity index (χ2n) is 5.94. The Bertz CT molecular complexity index is 1060. The van der Waals surface area contributed by atoms with Crippen LogP contribution in [-0.4, -0.2) is 17.0 Å². The minimum atomic E-state index is -0.958. The van der Waals surface area contributed by atoms with Crippen LogP contribution in [0.2, 0.25) is 0 Å². The summed E-state index contributed by atoms with van der Waals surface area (Å²) in [6, 6.07) is 12.0. The molecule has 0 unspecified atom stereocenters. The zero-order valence-electron chi connectivity index (χ0n) is 15.0. The Balaban J connectivity index is 1.70. The lowest BCUT2D eigenvalue weighted by molar-refractivity contribution is -0.122. The minimum Gasteiger partial charge on any atom is -0.481 e. The summed E-state index contributed by atoms with van der Waals surface area (Å²) in [7, 11) is 0. The largest absolute Gasteiger partial charge is 0.481 e. The lowest BCUT2D eigenvalue weighted by Gasteiger charge is -2.13. The molecule has 8 heteroatoms. The molecule has 1 N–H and O–H groups in total. The third kappa shape index (κ3) is 4.32. The first-order chi connectivity index (χ1) is 13.4. The molecule has 2 aromatic carbocycles. The normalized spacial score (nSPS) is 11.5. The van der Waals surface area contributed by atoms with Gasteiger partial charge in [0.2, 0.25) is 0 Å². The molecule has 0 fully saturated rings. The summed E-state index contributed by atoms with van der Waals surface area (Å²) in [5, 5.41) is 11.8. The number of halogens is 2. The predicted molar refractivity (Wildman–Crippen MR) is 102 cm³/mol. The maximum Gasteiger partial charge on any atom is 0.266 e. The Morgan fingerprint density at radius 2 is 1.93 bits per heavy atom. The van der Waals surface area contributed by atoms with E-state index in [9.17, 15) is 13.6 Å². The number of hydrogen-bond acceptors (Lipinski definition) is 5. The average Bonchev–Trinajstić information content (AvgIpc) is 3.04. The number of hydrogen-bond donors (Lipinski definition) is 1. The summed E-state index contributed by atoms with van der Waals surface area (Å²) >= 11 is 1.23. The van der Waals surface area contributed by atoms with Crippen LogP contribution in [0.25, 0.3) is 11.3 Å². The van der Waals surface area contributed by atoms with Crippen molar-refractivity contribution in [1.29, 1.82) is 5.26 Å². The molecule has 0 aliphatic rings. The SMILES string of the molecule is Cc1sc(NC(=O)[C@H](C)Oc2ccc(C#N)cc2)nc1-c1ccc(F)c(F)c1. The van der Waals surface area contributed by atoms with Crippen molar-refractivity contribution in [3.05, 3.63) is 64.5 Å². The number of nitrogens with one attached hydrogen (secondary N) is 1. The minimum absolute atomic E-state index is 0.331. The average molecular weight is 399 g/mol. The summed E-state index contributed by atoms with van der Waals surface area (Å²) in [5.74, 6) is -1.84. The second-order valence-corrected chi connectivity index (χ2v) is 7.14. The zero-order chi connectivity index (χ0) is 20.3. The molecule has 3 rings (SSSR count). The van der Waals surface area contributed by atoms with Crippen molar-refractivity contribution >= 4 is 22.4 Å². The van der Waals surface area contributed by atoms with Crippen molar-refractivity contribution in [2.24, 2.45) is 0 Å². The van der Waals surface area contributed by atoms with Gasteiger partial charge in [0, 0.05) is 10.4 Å². The van der Waals surface area contributed by atoms with Crippen LogP contribution in [0.1, 0.15) is 17.4 Å². The van der Waals surface area contributed by atoms with Gasteiger partial charge in [-0.1, -0.05) is 0 Å². The molecule has 1 amide bonds. The van der Waals surface area contributed by atoms with E-state index in [4.69, 9.17) is 10.00 Å². The number of anilines is 1. The monoisotopic (exact) mass is 399 g/mol. The molecule has 0 bridgehead atoms. The van der Waals surface area contributed by atoms with Crippen LogP contribution >= 0.6 is 11.3 Å². The molecule has 0 spiro atoms. The van der Waals surface area contributed by atoms with Gasteiger partial charge < -0.3 is 4.74 Å². The van der Waals surface area contributed by atoms with E-state index < -0.39 is 23.6 Å². The second kappa shape index (κ2) is 8.15. The standard InChI is InChI=1S/C20H15F2N3O2S/c1-11(27-15-6-3-13(10-23)4-7-15)19(26)25-20-24-18(12(2)28-20)14-5-8-16(21)17(22)9-14/h3-9,11H,1-2H3,(H,24,25,26)/t11-/m0/s1. The highest BCUT2D eigenvalue weighted by Gasteiger charge is 2.18. The summed E-state index contributed by atoms with van der Waals surface area (Å²) in [4.78, 5) is 17.4. The lowest BCUT2D eigenvalue weighted by atomic mass is 10.1. The van der Waals surface area contributed by atoms with Crippen molar-refractivity contribution in [2.75, 3.05) is 5.32 Å². The summed E-state index contributed by atoms with van der Waals surface area (Å²) in [6.45, 7) is 3.37. The van der Waals surface area contributed by atoms with Crippen LogP contribution in [0.15, 0.2) is 42.5 Å². The van der Waals surface area contributed by atoms with Gasteiger partial charge >= 0.3 is 0 Å². The number of rotatable bonds is 5. The van der Waals surface area contributed by atoms with E-state index in [1.165, 1.54) is 17.4 Å². The van der Waals surface area contributed by atoms with Gasteiger partial charge in [0.1, 0.15) is 5.75 Å². The molecule has 28 heavy (non-hydrogen) atoms. The number of thiazole rings is 1. The van der Waals surface area contributed by atoms with E-state index in [1.54, 1.807) is 38.1 Å². The molecule has 5 nitrogen and oxygen atoms in total. The van der Waals surface area contributed by atoms with Crippen LogP contribution in [0.5, 0.6) is 5.75 Å². The molecule has 3 aromatic rings. The van der Waals surface area contributed by atoms with Gasteiger partial charge in [-0.05, 0) is 56.3 Å². The van der Waals surface area contributed by atoms with E-state index in [-0.39, 0.29) is 0 Å². The summed E-state index contributed by atoms with van der Waals surface area (Å²) in [6.07, 6.45) is -0.802. The van der Waals surface area contributed by atoms with Crippen LogP contribution in [0.4, 0.5) is 13.9 Å². The van der Waals surface area contributed by atoms with Crippen molar-refractivity contribution in [3.63, 3.8) is 0 Å². The molecule has 0 aliphatic carbocycles. The topological polar surface area (TPSA) is 75.0 Å². The molecule has 142 valence electrons. The fourth-order valence-electron chi connectivity index (χ4n) is 2.43. The molecule has 0 radical (unpaired) electrons. The lowest BCUT2D eigenvalue weighted by Crippen LogP contribution is -2.30. The number of nitrogens with zero attached hydrogens (tertiary/aromatic N) is 2. The Kier molecular flexibility index (Phi) is 5.66. The number of nitriles is 1. The Labute approximate surface area is 164 Å². The van der Waals surface area contributed by atoms with Crippen LogP contribution in [0, 0.1) is 29.9 Å².